The third-order valence-electron chi connectivity index (χ3n) is 3.65. The van der Waals surface area contributed by atoms with Crippen molar-refractivity contribution >= 4 is 23.3 Å². The minimum atomic E-state index is -1.04. The first-order chi connectivity index (χ1) is 12.0. The second kappa shape index (κ2) is 7.25. The standard InChI is InChI=1S/C17H18O8/c1-6-25-17(20)12-14(19)13(18)11-10(16(12)24-5)8(21-2)7-9(22-3)15(11)23-4/h7H,6H2,1-5H3. The number of hydrogen-bond donors (Lipinski definition) is 0. The lowest BCUT2D eigenvalue weighted by Crippen LogP contribution is -2.30. The fourth-order valence-electron chi connectivity index (χ4n) is 2.62. The minimum absolute atomic E-state index is 0.0384. The van der Waals surface area contributed by atoms with Gasteiger partial charge in [0.1, 0.15) is 11.5 Å². The molecule has 8 nitrogen and oxygen atoms in total. The van der Waals surface area contributed by atoms with Crippen LogP contribution < -0.4 is 14.2 Å². The molecule has 0 radical (unpaired) electrons. The SMILES string of the molecule is CCOC(=O)C1=C(OC)c2c(OC)cc(OC)c(OC)c2C(=O)C1=O. The number of Topliss-reactive ketones (excluding diaryl/α,β-unsaturated/α-hetero) is 2. The van der Waals surface area contributed by atoms with Crippen molar-refractivity contribution < 1.29 is 38.1 Å². The van der Waals surface area contributed by atoms with Gasteiger partial charge in [0.25, 0.3) is 0 Å². The van der Waals surface area contributed by atoms with E-state index in [-0.39, 0.29) is 40.7 Å². The summed E-state index contributed by atoms with van der Waals surface area (Å²) in [5, 5.41) is 0. The molecule has 0 atom stereocenters. The molecule has 1 aliphatic carbocycles. The molecule has 134 valence electrons. The summed E-state index contributed by atoms with van der Waals surface area (Å²) in [4.78, 5) is 37.4. The van der Waals surface area contributed by atoms with Crippen LogP contribution in [0.5, 0.6) is 17.2 Å². The van der Waals surface area contributed by atoms with Crippen molar-refractivity contribution in [1.29, 1.82) is 0 Å². The first kappa shape index (κ1) is 18.3. The maximum Gasteiger partial charge on any atom is 0.346 e. The molecular weight excluding hydrogens is 332 g/mol. The number of esters is 1. The Labute approximate surface area is 144 Å². The van der Waals surface area contributed by atoms with E-state index in [1.807, 2.05) is 0 Å². The first-order valence-electron chi connectivity index (χ1n) is 7.34. The Bertz CT molecular complexity index is 775. The Hall–Kier alpha value is -3.03. The third kappa shape index (κ3) is 2.79. The highest BCUT2D eigenvalue weighted by Gasteiger charge is 2.43. The van der Waals surface area contributed by atoms with Crippen LogP contribution in [0.4, 0.5) is 0 Å². The molecule has 0 N–H and O–H groups in total. The Balaban J connectivity index is 2.93. The van der Waals surface area contributed by atoms with Crippen LogP contribution in [0.1, 0.15) is 22.8 Å². The Morgan fingerprint density at radius 1 is 0.880 bits per heavy atom. The van der Waals surface area contributed by atoms with Crippen molar-refractivity contribution in [3.63, 3.8) is 0 Å². The van der Waals surface area contributed by atoms with Crippen molar-refractivity contribution in [3.8, 4) is 17.2 Å². The Kier molecular flexibility index (Phi) is 5.31. The molecule has 0 saturated carbocycles. The largest absolute Gasteiger partial charge is 0.496 e. The highest BCUT2D eigenvalue weighted by Crippen LogP contribution is 2.46. The zero-order chi connectivity index (χ0) is 18.7. The summed E-state index contributed by atoms with van der Waals surface area (Å²) < 4.78 is 25.9. The van der Waals surface area contributed by atoms with Crippen molar-refractivity contribution in [1.82, 2.24) is 0 Å². The summed E-state index contributed by atoms with van der Waals surface area (Å²) in [5.41, 5.74) is -0.434. The van der Waals surface area contributed by atoms with Gasteiger partial charge in [0.2, 0.25) is 11.6 Å². The maximum atomic E-state index is 12.7. The highest BCUT2D eigenvalue weighted by atomic mass is 16.5. The van der Waals surface area contributed by atoms with E-state index in [2.05, 4.69) is 0 Å². The molecule has 1 aromatic carbocycles. The smallest absolute Gasteiger partial charge is 0.346 e. The summed E-state index contributed by atoms with van der Waals surface area (Å²) in [6.07, 6.45) is 0. The van der Waals surface area contributed by atoms with Gasteiger partial charge < -0.3 is 23.7 Å². The van der Waals surface area contributed by atoms with Gasteiger partial charge in [-0.1, -0.05) is 0 Å². The van der Waals surface area contributed by atoms with Crippen molar-refractivity contribution in [2.24, 2.45) is 0 Å². The van der Waals surface area contributed by atoms with Crippen LogP contribution in [-0.2, 0) is 19.1 Å². The molecular formula is C17H18O8. The van der Waals surface area contributed by atoms with Crippen molar-refractivity contribution in [3.05, 3.63) is 22.8 Å². The van der Waals surface area contributed by atoms with Gasteiger partial charge in [-0.25, -0.2) is 4.79 Å². The number of carbonyl (C=O) groups excluding carboxylic acids is 3. The van der Waals surface area contributed by atoms with Gasteiger partial charge in [-0.15, -0.1) is 0 Å². The molecule has 25 heavy (non-hydrogen) atoms. The van der Waals surface area contributed by atoms with Gasteiger partial charge in [0.15, 0.2) is 17.1 Å². The zero-order valence-corrected chi connectivity index (χ0v) is 14.6. The van der Waals surface area contributed by atoms with Crippen LogP contribution in [0, 0.1) is 0 Å². The van der Waals surface area contributed by atoms with Gasteiger partial charge in [-0.3, -0.25) is 9.59 Å². The molecule has 8 heteroatoms. The summed E-state index contributed by atoms with van der Waals surface area (Å²) >= 11 is 0. The van der Waals surface area contributed by atoms with Gasteiger partial charge in [-0.05, 0) is 6.92 Å². The average molecular weight is 350 g/mol. The van der Waals surface area contributed by atoms with Crippen LogP contribution in [0.15, 0.2) is 11.6 Å². The van der Waals surface area contributed by atoms with E-state index in [9.17, 15) is 14.4 Å². The van der Waals surface area contributed by atoms with Gasteiger partial charge >= 0.3 is 5.97 Å². The highest BCUT2D eigenvalue weighted by molar-refractivity contribution is 6.57. The van der Waals surface area contributed by atoms with Crippen LogP contribution in [0.25, 0.3) is 5.76 Å². The molecule has 0 saturated heterocycles. The van der Waals surface area contributed by atoms with Crippen molar-refractivity contribution in [2.45, 2.75) is 6.92 Å². The predicted molar refractivity (Wildman–Crippen MR) is 86.0 cm³/mol. The number of fused-ring (bicyclic) bond motifs is 1. The van der Waals surface area contributed by atoms with Crippen LogP contribution in [0.2, 0.25) is 0 Å². The van der Waals surface area contributed by atoms with Gasteiger partial charge in [0, 0.05) is 6.07 Å². The molecule has 0 bridgehead atoms. The minimum Gasteiger partial charge on any atom is -0.496 e. The van der Waals surface area contributed by atoms with E-state index in [0.717, 1.165) is 0 Å². The second-order valence-electron chi connectivity index (χ2n) is 4.85. The normalized spacial score (nSPS) is 13.3. The van der Waals surface area contributed by atoms with Gasteiger partial charge in [0.05, 0.1) is 46.2 Å². The molecule has 1 aromatic rings. The van der Waals surface area contributed by atoms with E-state index in [1.165, 1.54) is 34.5 Å². The Morgan fingerprint density at radius 2 is 1.52 bits per heavy atom. The number of benzene rings is 1. The van der Waals surface area contributed by atoms with E-state index >= 15 is 0 Å². The zero-order valence-electron chi connectivity index (χ0n) is 14.6. The molecule has 0 aromatic heterocycles. The topological polar surface area (TPSA) is 97.4 Å². The Morgan fingerprint density at radius 3 is 2.00 bits per heavy atom. The van der Waals surface area contributed by atoms with E-state index in [0.29, 0.717) is 0 Å². The average Bonchev–Trinajstić information content (AvgIpc) is 2.62. The number of ketones is 2. The summed E-state index contributed by atoms with van der Waals surface area (Å²) in [6.45, 7) is 1.62. The molecule has 0 fully saturated rings. The number of hydrogen-bond acceptors (Lipinski definition) is 8. The fourth-order valence-corrected chi connectivity index (χ4v) is 2.62. The third-order valence-corrected chi connectivity index (χ3v) is 3.65. The first-order valence-corrected chi connectivity index (χ1v) is 7.34. The van der Waals surface area contributed by atoms with E-state index < -0.39 is 23.1 Å². The molecule has 1 aliphatic rings. The van der Waals surface area contributed by atoms with Gasteiger partial charge in [-0.2, -0.15) is 0 Å². The monoisotopic (exact) mass is 350 g/mol. The predicted octanol–water partition coefficient (Wildman–Crippen LogP) is 1.40. The fraction of sp³-hybridized carbons (Fsp3) is 0.353. The lowest BCUT2D eigenvalue weighted by atomic mass is 9.86. The molecule has 0 aliphatic heterocycles. The maximum absolute atomic E-state index is 12.7. The lowest BCUT2D eigenvalue weighted by Gasteiger charge is -2.24. The quantitative estimate of drug-likeness (QED) is 0.431. The summed E-state index contributed by atoms with van der Waals surface area (Å²) in [7, 11) is 5.37. The van der Waals surface area contributed by atoms with Crippen LogP contribution >= 0.6 is 0 Å². The molecule has 0 unspecified atom stereocenters. The summed E-state index contributed by atoms with van der Waals surface area (Å²) in [5.74, 6) is -2.60. The van der Waals surface area contributed by atoms with E-state index in [1.54, 1.807) is 6.92 Å². The second-order valence-corrected chi connectivity index (χ2v) is 4.85. The number of ether oxygens (including phenoxy) is 5. The molecule has 0 amide bonds. The number of methoxy groups -OCH3 is 4. The summed E-state index contributed by atoms with van der Waals surface area (Å²) in [6, 6.07) is 1.47. The molecule has 0 spiro atoms. The van der Waals surface area contributed by atoms with E-state index in [4.69, 9.17) is 23.7 Å². The number of carbonyl (C=O) groups is 3. The lowest BCUT2D eigenvalue weighted by molar-refractivity contribution is -0.139. The van der Waals surface area contributed by atoms with Crippen LogP contribution in [-0.4, -0.2) is 52.6 Å². The van der Waals surface area contributed by atoms with Crippen LogP contribution in [0.3, 0.4) is 0 Å². The molecule has 0 heterocycles. The van der Waals surface area contributed by atoms with Crippen molar-refractivity contribution in [2.75, 3.05) is 35.0 Å². The molecule has 2 rings (SSSR count). The number of rotatable bonds is 6.